The van der Waals surface area contributed by atoms with Crippen LogP contribution in [0, 0.1) is 0 Å². The maximum absolute atomic E-state index is 12.5. The molecule has 148 valence electrons. The van der Waals surface area contributed by atoms with Crippen molar-refractivity contribution in [3.63, 3.8) is 0 Å². The zero-order valence-electron chi connectivity index (χ0n) is 15.8. The van der Waals surface area contributed by atoms with Gasteiger partial charge in [0.1, 0.15) is 5.82 Å². The lowest BCUT2D eigenvalue weighted by Gasteiger charge is -2.14. The number of hydrogen-bond donors (Lipinski definition) is 1. The molecule has 0 bridgehead atoms. The van der Waals surface area contributed by atoms with Crippen molar-refractivity contribution >= 4 is 40.4 Å². The summed E-state index contributed by atoms with van der Waals surface area (Å²) in [6, 6.07) is 12.4. The fourth-order valence-electron chi connectivity index (χ4n) is 3.39. The van der Waals surface area contributed by atoms with Crippen LogP contribution in [-0.4, -0.2) is 32.2 Å². The molecule has 4 rings (SSSR count). The molecule has 1 N–H and O–H groups in total. The molecule has 1 fully saturated rings. The molecule has 2 aromatic carbocycles. The molecule has 0 unspecified atom stereocenters. The Morgan fingerprint density at radius 3 is 2.48 bits per heavy atom. The number of imide groups is 1. The van der Waals surface area contributed by atoms with Gasteiger partial charge in [0, 0.05) is 30.5 Å². The Labute approximate surface area is 172 Å². The van der Waals surface area contributed by atoms with Gasteiger partial charge >= 0.3 is 0 Å². The molecule has 0 radical (unpaired) electrons. The summed E-state index contributed by atoms with van der Waals surface area (Å²) in [5.74, 6) is 0.189. The molecule has 0 aliphatic carbocycles. The van der Waals surface area contributed by atoms with E-state index in [9.17, 15) is 14.4 Å². The Hall–Kier alpha value is -3.19. The molecule has 1 aliphatic heterocycles. The topological polar surface area (TPSA) is 84.3 Å². The SMILES string of the molecule is Cn1c(CNC(=O)c2ccc(CN3C(=O)CCC3=O)cc2)nc2cc(Cl)ccc21. The first-order valence-corrected chi connectivity index (χ1v) is 9.61. The molecule has 7 nitrogen and oxygen atoms in total. The van der Waals surface area contributed by atoms with Crippen molar-refractivity contribution in [2.45, 2.75) is 25.9 Å². The lowest BCUT2D eigenvalue weighted by molar-refractivity contribution is -0.139. The number of imidazole rings is 1. The third-order valence-electron chi connectivity index (χ3n) is 5.05. The maximum Gasteiger partial charge on any atom is 0.251 e. The largest absolute Gasteiger partial charge is 0.345 e. The predicted molar refractivity (Wildman–Crippen MR) is 108 cm³/mol. The number of carbonyl (C=O) groups excluding carboxylic acids is 3. The molecule has 1 saturated heterocycles. The third kappa shape index (κ3) is 3.86. The van der Waals surface area contributed by atoms with Crippen LogP contribution in [0.15, 0.2) is 42.5 Å². The highest BCUT2D eigenvalue weighted by molar-refractivity contribution is 6.31. The Kier molecular flexibility index (Phi) is 5.07. The number of fused-ring (bicyclic) bond motifs is 1. The van der Waals surface area contributed by atoms with Gasteiger partial charge in [-0.25, -0.2) is 4.98 Å². The lowest BCUT2D eigenvalue weighted by atomic mass is 10.1. The van der Waals surface area contributed by atoms with Gasteiger partial charge < -0.3 is 9.88 Å². The minimum Gasteiger partial charge on any atom is -0.345 e. The fraction of sp³-hybridized carbons (Fsp3) is 0.238. The van der Waals surface area contributed by atoms with Crippen LogP contribution >= 0.6 is 11.6 Å². The normalized spacial score (nSPS) is 14.1. The van der Waals surface area contributed by atoms with Gasteiger partial charge in [-0.2, -0.15) is 0 Å². The number of halogens is 1. The standard InChI is InChI=1S/C21H19ClN4O3/c1-25-17-7-6-15(22)10-16(17)24-18(25)11-23-21(29)14-4-2-13(3-5-14)12-26-19(27)8-9-20(26)28/h2-7,10H,8-9,11-12H2,1H3,(H,23,29). The van der Waals surface area contributed by atoms with E-state index < -0.39 is 0 Å². The number of likely N-dealkylation sites (tertiary alicyclic amines) is 1. The van der Waals surface area contributed by atoms with Crippen LogP contribution < -0.4 is 5.32 Å². The molecule has 1 aromatic heterocycles. The summed E-state index contributed by atoms with van der Waals surface area (Å²) in [7, 11) is 1.89. The van der Waals surface area contributed by atoms with Crippen LogP contribution in [0.3, 0.4) is 0 Å². The van der Waals surface area contributed by atoms with Gasteiger partial charge in [0.15, 0.2) is 0 Å². The van der Waals surface area contributed by atoms with Crippen molar-refractivity contribution in [2.24, 2.45) is 7.05 Å². The van der Waals surface area contributed by atoms with Crippen LogP contribution in [0.2, 0.25) is 5.02 Å². The van der Waals surface area contributed by atoms with Crippen LogP contribution in [0.25, 0.3) is 11.0 Å². The van der Waals surface area contributed by atoms with Crippen molar-refractivity contribution in [3.8, 4) is 0 Å². The third-order valence-corrected chi connectivity index (χ3v) is 5.29. The molecule has 2 heterocycles. The number of aryl methyl sites for hydroxylation is 1. The number of carbonyl (C=O) groups is 3. The number of nitrogens with zero attached hydrogens (tertiary/aromatic N) is 3. The summed E-state index contributed by atoms with van der Waals surface area (Å²) in [6.45, 7) is 0.516. The van der Waals surface area contributed by atoms with Gasteiger partial charge in [-0.1, -0.05) is 23.7 Å². The highest BCUT2D eigenvalue weighted by atomic mass is 35.5. The summed E-state index contributed by atoms with van der Waals surface area (Å²) in [5, 5.41) is 3.48. The first kappa shape index (κ1) is 19.1. The smallest absolute Gasteiger partial charge is 0.251 e. The monoisotopic (exact) mass is 410 g/mol. The first-order chi connectivity index (χ1) is 13.9. The number of benzene rings is 2. The first-order valence-electron chi connectivity index (χ1n) is 9.23. The second-order valence-corrected chi connectivity index (χ2v) is 7.41. The molecule has 0 spiro atoms. The van der Waals surface area contributed by atoms with Gasteiger partial charge in [-0.3, -0.25) is 19.3 Å². The Morgan fingerprint density at radius 1 is 1.10 bits per heavy atom. The van der Waals surface area contributed by atoms with Crippen molar-refractivity contribution in [1.29, 1.82) is 0 Å². The molecule has 3 amide bonds. The van der Waals surface area contributed by atoms with Gasteiger partial charge in [0.2, 0.25) is 11.8 Å². The molecular formula is C21H19ClN4O3. The molecule has 3 aromatic rings. The van der Waals surface area contributed by atoms with Crippen molar-refractivity contribution < 1.29 is 14.4 Å². The maximum atomic E-state index is 12.5. The highest BCUT2D eigenvalue weighted by Crippen LogP contribution is 2.20. The van der Waals surface area contributed by atoms with Crippen LogP contribution in [0.1, 0.15) is 34.6 Å². The fourth-order valence-corrected chi connectivity index (χ4v) is 3.55. The van der Waals surface area contributed by atoms with E-state index in [1.165, 1.54) is 4.90 Å². The Morgan fingerprint density at radius 2 is 1.79 bits per heavy atom. The Bertz CT molecular complexity index is 1100. The summed E-state index contributed by atoms with van der Waals surface area (Å²) < 4.78 is 1.92. The highest BCUT2D eigenvalue weighted by Gasteiger charge is 2.28. The van der Waals surface area contributed by atoms with Crippen LogP contribution in [0.5, 0.6) is 0 Å². The zero-order valence-corrected chi connectivity index (χ0v) is 16.6. The average Bonchev–Trinajstić information content (AvgIpc) is 3.19. The van der Waals surface area contributed by atoms with E-state index in [2.05, 4.69) is 10.3 Å². The average molecular weight is 411 g/mol. The quantitative estimate of drug-likeness (QED) is 0.655. The summed E-state index contributed by atoms with van der Waals surface area (Å²) in [6.07, 6.45) is 0.543. The van der Waals surface area contributed by atoms with Crippen molar-refractivity contribution in [1.82, 2.24) is 19.8 Å². The molecule has 29 heavy (non-hydrogen) atoms. The van der Waals surface area contributed by atoms with Gasteiger partial charge in [0.05, 0.1) is 24.1 Å². The van der Waals surface area contributed by atoms with Gasteiger partial charge in [0.25, 0.3) is 5.91 Å². The number of amides is 3. The van der Waals surface area contributed by atoms with E-state index in [0.717, 1.165) is 22.4 Å². The van der Waals surface area contributed by atoms with Crippen molar-refractivity contribution in [2.75, 3.05) is 0 Å². The summed E-state index contributed by atoms with van der Waals surface area (Å²) in [4.78, 5) is 41.7. The van der Waals surface area contributed by atoms with E-state index in [0.29, 0.717) is 10.6 Å². The molecular weight excluding hydrogens is 392 g/mol. The van der Waals surface area contributed by atoms with E-state index >= 15 is 0 Å². The minimum absolute atomic E-state index is 0.152. The van der Waals surface area contributed by atoms with Gasteiger partial charge in [-0.05, 0) is 35.9 Å². The molecule has 0 atom stereocenters. The minimum atomic E-state index is -0.227. The molecule has 0 saturated carbocycles. The van der Waals surface area contributed by atoms with Crippen molar-refractivity contribution in [3.05, 3.63) is 64.4 Å². The lowest BCUT2D eigenvalue weighted by Crippen LogP contribution is -2.28. The van der Waals surface area contributed by atoms with E-state index in [1.54, 1.807) is 36.4 Å². The van der Waals surface area contributed by atoms with Gasteiger partial charge in [-0.15, -0.1) is 0 Å². The molecule has 1 aliphatic rings. The number of hydrogen-bond acceptors (Lipinski definition) is 4. The Balaban J connectivity index is 1.40. The van der Waals surface area contributed by atoms with Crippen LogP contribution in [-0.2, 0) is 29.7 Å². The number of aromatic nitrogens is 2. The predicted octanol–water partition coefficient (Wildman–Crippen LogP) is 2.81. The van der Waals surface area contributed by atoms with E-state index in [4.69, 9.17) is 11.6 Å². The number of nitrogens with one attached hydrogen (secondary N) is 1. The summed E-state index contributed by atoms with van der Waals surface area (Å²) >= 11 is 6.01. The van der Waals surface area contributed by atoms with Crippen LogP contribution in [0.4, 0.5) is 0 Å². The molecule has 8 heteroatoms. The van der Waals surface area contributed by atoms with E-state index in [-0.39, 0.29) is 43.7 Å². The second-order valence-electron chi connectivity index (χ2n) is 6.97. The zero-order chi connectivity index (χ0) is 20.5. The summed E-state index contributed by atoms with van der Waals surface area (Å²) in [5.41, 5.74) is 3.01. The second kappa shape index (κ2) is 7.67. The number of rotatable bonds is 5. The van der Waals surface area contributed by atoms with E-state index in [1.807, 2.05) is 17.7 Å².